The number of nitrogens with one attached hydrogen (secondary N) is 1. The zero-order chi connectivity index (χ0) is 17.7. The molecule has 0 aliphatic carbocycles. The van der Waals surface area contributed by atoms with Gasteiger partial charge in [-0.2, -0.15) is 0 Å². The molecule has 2 rings (SSSR count). The Labute approximate surface area is 164 Å². The maximum absolute atomic E-state index is 13.5. The van der Waals surface area contributed by atoms with Crippen LogP contribution in [0.1, 0.15) is 16.7 Å². The van der Waals surface area contributed by atoms with E-state index in [2.05, 4.69) is 10.3 Å². The molecule has 0 heterocycles. The van der Waals surface area contributed by atoms with Crippen LogP contribution in [0.2, 0.25) is 0 Å². The molecule has 0 radical (unpaired) electrons. The van der Waals surface area contributed by atoms with Crippen LogP contribution in [0.25, 0.3) is 0 Å². The fourth-order valence-electron chi connectivity index (χ4n) is 2.25. The number of hydrogen-bond donors (Lipinski definition) is 2. The third kappa shape index (κ3) is 7.39. The van der Waals surface area contributed by atoms with Crippen molar-refractivity contribution in [1.29, 1.82) is 0 Å². The van der Waals surface area contributed by atoms with Crippen molar-refractivity contribution < 1.29 is 12.8 Å². The normalized spacial score (nSPS) is 11.7. The first-order chi connectivity index (χ1) is 11.2. The molecule has 0 fully saturated rings. The first-order valence-corrected chi connectivity index (χ1v) is 9.37. The number of guanidine groups is 1. The Morgan fingerprint density at radius 2 is 1.92 bits per heavy atom. The van der Waals surface area contributed by atoms with Crippen LogP contribution < -0.4 is 11.1 Å². The predicted molar refractivity (Wildman–Crippen MR) is 110 cm³/mol. The number of benzene rings is 2. The van der Waals surface area contributed by atoms with Crippen molar-refractivity contribution in [3.8, 4) is 0 Å². The molecular weight excluding hydrogens is 456 g/mol. The van der Waals surface area contributed by atoms with Crippen molar-refractivity contribution in [1.82, 2.24) is 0 Å². The van der Waals surface area contributed by atoms with E-state index in [1.165, 1.54) is 18.2 Å². The zero-order valence-electron chi connectivity index (χ0n) is 14.0. The first kappa shape index (κ1) is 21.4. The highest BCUT2D eigenvalue weighted by molar-refractivity contribution is 14.0. The van der Waals surface area contributed by atoms with Gasteiger partial charge in [0.2, 0.25) is 0 Å². The smallest absolute Gasteiger partial charge is 0.193 e. The van der Waals surface area contributed by atoms with Crippen LogP contribution in [0.5, 0.6) is 0 Å². The third-order valence-electron chi connectivity index (χ3n) is 3.30. The van der Waals surface area contributed by atoms with Crippen molar-refractivity contribution in [2.75, 3.05) is 11.6 Å². The van der Waals surface area contributed by atoms with Crippen LogP contribution in [-0.4, -0.2) is 20.6 Å². The van der Waals surface area contributed by atoms with E-state index in [9.17, 15) is 12.8 Å². The highest BCUT2D eigenvalue weighted by atomic mass is 127. The van der Waals surface area contributed by atoms with Gasteiger partial charge in [-0.25, -0.2) is 17.8 Å². The monoisotopic (exact) mass is 477 g/mol. The van der Waals surface area contributed by atoms with Crippen LogP contribution in [0.3, 0.4) is 0 Å². The second kappa shape index (κ2) is 9.14. The van der Waals surface area contributed by atoms with Gasteiger partial charge in [0, 0.05) is 11.9 Å². The maximum atomic E-state index is 13.5. The number of nitrogens with zero attached hydrogens (tertiary/aromatic N) is 1. The Hall–Kier alpha value is -1.68. The van der Waals surface area contributed by atoms with Crippen LogP contribution in [0.15, 0.2) is 47.5 Å². The molecule has 0 aliphatic rings. The van der Waals surface area contributed by atoms with Crippen LogP contribution in [0.4, 0.5) is 10.1 Å². The SMILES string of the molecule is Cc1cccc(NC(N)=NCc2cc(F)ccc2CS(C)(=O)=O)c1.I. The predicted octanol–water partition coefficient (Wildman–Crippen LogP) is 3.22. The summed E-state index contributed by atoms with van der Waals surface area (Å²) in [6.45, 7) is 2.05. The molecule has 25 heavy (non-hydrogen) atoms. The molecule has 8 heteroatoms. The summed E-state index contributed by atoms with van der Waals surface area (Å²) in [6.07, 6.45) is 1.14. The summed E-state index contributed by atoms with van der Waals surface area (Å²) >= 11 is 0. The van der Waals surface area contributed by atoms with Gasteiger partial charge in [0.25, 0.3) is 0 Å². The van der Waals surface area contributed by atoms with Crippen molar-refractivity contribution in [2.45, 2.75) is 19.2 Å². The summed E-state index contributed by atoms with van der Waals surface area (Å²) in [6, 6.07) is 11.6. The lowest BCUT2D eigenvalue weighted by molar-refractivity contribution is 0.600. The number of halogens is 2. The van der Waals surface area contributed by atoms with Gasteiger partial charge >= 0.3 is 0 Å². The number of aliphatic imine (C=N–C) groups is 1. The van der Waals surface area contributed by atoms with E-state index in [0.717, 1.165) is 17.5 Å². The second-order valence-corrected chi connectivity index (χ2v) is 7.82. The lowest BCUT2D eigenvalue weighted by Crippen LogP contribution is -2.22. The number of anilines is 1. The Morgan fingerprint density at radius 1 is 1.20 bits per heavy atom. The average molecular weight is 477 g/mol. The fraction of sp³-hybridized carbons (Fsp3) is 0.235. The molecule has 0 unspecified atom stereocenters. The van der Waals surface area contributed by atoms with Gasteiger partial charge in [0.1, 0.15) is 5.82 Å². The lowest BCUT2D eigenvalue weighted by Gasteiger charge is -2.09. The fourth-order valence-corrected chi connectivity index (χ4v) is 3.09. The first-order valence-electron chi connectivity index (χ1n) is 7.31. The van der Waals surface area contributed by atoms with Gasteiger partial charge in [-0.3, -0.25) is 0 Å². The van der Waals surface area contributed by atoms with Crippen LogP contribution in [0, 0.1) is 12.7 Å². The lowest BCUT2D eigenvalue weighted by atomic mass is 10.1. The van der Waals surface area contributed by atoms with Crippen molar-refractivity contribution in [2.24, 2.45) is 10.7 Å². The average Bonchev–Trinajstić information content (AvgIpc) is 2.46. The summed E-state index contributed by atoms with van der Waals surface area (Å²) in [5, 5.41) is 2.95. The molecule has 2 aromatic rings. The van der Waals surface area contributed by atoms with E-state index < -0.39 is 15.7 Å². The Kier molecular flexibility index (Phi) is 7.81. The minimum atomic E-state index is -3.22. The molecule has 0 spiro atoms. The number of hydrogen-bond acceptors (Lipinski definition) is 3. The van der Waals surface area contributed by atoms with Gasteiger partial charge in [0.05, 0.1) is 12.3 Å². The quantitative estimate of drug-likeness (QED) is 0.394. The van der Waals surface area contributed by atoms with Gasteiger partial charge in [-0.1, -0.05) is 18.2 Å². The van der Waals surface area contributed by atoms with Gasteiger partial charge in [-0.05, 0) is 47.9 Å². The summed E-state index contributed by atoms with van der Waals surface area (Å²) < 4.78 is 36.4. The summed E-state index contributed by atoms with van der Waals surface area (Å²) in [5.41, 5.74) is 8.74. The number of aryl methyl sites for hydroxylation is 1. The second-order valence-electron chi connectivity index (χ2n) is 5.68. The molecule has 0 saturated carbocycles. The standard InChI is InChI=1S/C17H20FN3O2S.HI/c1-12-4-3-5-16(8-12)21-17(19)20-10-14-9-15(18)7-6-13(14)11-24(2,22)23;/h3-9H,10-11H2,1-2H3,(H3,19,20,21);1H. The molecule has 0 atom stereocenters. The van der Waals surface area contributed by atoms with E-state index in [4.69, 9.17) is 5.73 Å². The molecule has 0 bridgehead atoms. The molecule has 0 aliphatic heterocycles. The highest BCUT2D eigenvalue weighted by Crippen LogP contribution is 2.16. The molecule has 0 saturated heterocycles. The largest absolute Gasteiger partial charge is 0.370 e. The molecule has 0 amide bonds. The summed E-state index contributed by atoms with van der Waals surface area (Å²) in [7, 11) is -3.22. The van der Waals surface area contributed by atoms with Crippen LogP contribution >= 0.6 is 24.0 Å². The van der Waals surface area contributed by atoms with E-state index in [1.807, 2.05) is 31.2 Å². The van der Waals surface area contributed by atoms with Gasteiger partial charge in [0.15, 0.2) is 15.8 Å². The van der Waals surface area contributed by atoms with E-state index in [0.29, 0.717) is 11.1 Å². The van der Waals surface area contributed by atoms with Crippen molar-refractivity contribution in [3.05, 3.63) is 65.0 Å². The highest BCUT2D eigenvalue weighted by Gasteiger charge is 2.10. The molecule has 3 N–H and O–H groups in total. The van der Waals surface area contributed by atoms with E-state index >= 15 is 0 Å². The Bertz CT molecular complexity index is 870. The summed E-state index contributed by atoms with van der Waals surface area (Å²) in [4.78, 5) is 4.17. The molecular formula is C17H21FIN3O2S. The molecule has 5 nitrogen and oxygen atoms in total. The van der Waals surface area contributed by atoms with Gasteiger partial charge < -0.3 is 11.1 Å². The minimum Gasteiger partial charge on any atom is -0.370 e. The van der Waals surface area contributed by atoms with Crippen LogP contribution in [-0.2, 0) is 22.1 Å². The maximum Gasteiger partial charge on any atom is 0.193 e. The topological polar surface area (TPSA) is 84.5 Å². The minimum absolute atomic E-state index is 0. The number of rotatable bonds is 5. The Morgan fingerprint density at radius 3 is 2.56 bits per heavy atom. The number of sulfone groups is 1. The molecule has 136 valence electrons. The van der Waals surface area contributed by atoms with Gasteiger partial charge in [-0.15, -0.1) is 24.0 Å². The molecule has 2 aromatic carbocycles. The summed E-state index contributed by atoms with van der Waals surface area (Å²) in [5.74, 6) is -0.429. The van der Waals surface area contributed by atoms with E-state index in [-0.39, 0.29) is 42.2 Å². The number of nitrogens with two attached hydrogens (primary N) is 1. The third-order valence-corrected chi connectivity index (χ3v) is 4.13. The van der Waals surface area contributed by atoms with E-state index in [1.54, 1.807) is 0 Å². The van der Waals surface area contributed by atoms with Crippen molar-refractivity contribution in [3.63, 3.8) is 0 Å². The van der Waals surface area contributed by atoms with Crippen molar-refractivity contribution >= 4 is 45.5 Å². The Balaban J connectivity index is 0.00000312. The molecule has 0 aromatic heterocycles. The zero-order valence-corrected chi connectivity index (χ0v) is 17.1.